The van der Waals surface area contributed by atoms with Crippen molar-refractivity contribution in [2.24, 2.45) is 0 Å². The molecule has 2 heterocycles. The van der Waals surface area contributed by atoms with Crippen LogP contribution in [0.2, 0.25) is 0 Å². The van der Waals surface area contributed by atoms with Crippen LogP contribution in [0.5, 0.6) is 11.5 Å². The molecule has 21 heavy (non-hydrogen) atoms. The standard InChI is InChI=1S/C16H21N3O2/c1-16(2,3)18-7-6-15-17-9-12(19-15)11-4-5-13-14(8-11)21-10-20-13/h4-5,8-9,18H,6-7,10H2,1-3H3,(H,17,19). The number of imidazole rings is 1. The summed E-state index contributed by atoms with van der Waals surface area (Å²) in [5, 5.41) is 3.46. The van der Waals surface area contributed by atoms with Gasteiger partial charge in [0.2, 0.25) is 6.79 Å². The first-order valence-corrected chi connectivity index (χ1v) is 7.20. The smallest absolute Gasteiger partial charge is 0.231 e. The molecule has 0 saturated carbocycles. The van der Waals surface area contributed by atoms with Gasteiger partial charge in [0.05, 0.1) is 11.9 Å². The van der Waals surface area contributed by atoms with Crippen LogP contribution in [0.3, 0.4) is 0 Å². The normalized spacial score (nSPS) is 13.7. The van der Waals surface area contributed by atoms with Gasteiger partial charge in [-0.3, -0.25) is 0 Å². The molecule has 0 spiro atoms. The van der Waals surface area contributed by atoms with Crippen molar-refractivity contribution in [2.45, 2.75) is 32.7 Å². The lowest BCUT2D eigenvalue weighted by Crippen LogP contribution is -2.37. The fraction of sp³-hybridized carbons (Fsp3) is 0.438. The quantitative estimate of drug-likeness (QED) is 0.908. The minimum atomic E-state index is 0.132. The molecule has 0 saturated heterocycles. The van der Waals surface area contributed by atoms with Gasteiger partial charge in [-0.15, -0.1) is 0 Å². The van der Waals surface area contributed by atoms with E-state index in [1.54, 1.807) is 0 Å². The van der Waals surface area contributed by atoms with E-state index in [0.29, 0.717) is 6.79 Å². The first kappa shape index (κ1) is 13.9. The Hall–Kier alpha value is -2.01. The van der Waals surface area contributed by atoms with E-state index in [9.17, 15) is 0 Å². The number of ether oxygens (including phenoxy) is 2. The van der Waals surface area contributed by atoms with Gasteiger partial charge < -0.3 is 19.8 Å². The number of hydrogen-bond acceptors (Lipinski definition) is 4. The fourth-order valence-electron chi connectivity index (χ4n) is 2.26. The van der Waals surface area contributed by atoms with Crippen molar-refractivity contribution >= 4 is 0 Å². The average Bonchev–Trinajstić information content (AvgIpc) is 3.04. The number of benzene rings is 1. The lowest BCUT2D eigenvalue weighted by molar-refractivity contribution is 0.174. The molecule has 1 aromatic carbocycles. The van der Waals surface area contributed by atoms with E-state index in [2.05, 4.69) is 36.1 Å². The zero-order valence-corrected chi connectivity index (χ0v) is 12.7. The van der Waals surface area contributed by atoms with Gasteiger partial charge in [0.15, 0.2) is 11.5 Å². The number of nitrogens with one attached hydrogen (secondary N) is 2. The first-order valence-electron chi connectivity index (χ1n) is 7.20. The van der Waals surface area contributed by atoms with Crippen molar-refractivity contribution in [1.29, 1.82) is 0 Å². The number of fused-ring (bicyclic) bond motifs is 1. The Labute approximate surface area is 124 Å². The predicted molar refractivity (Wildman–Crippen MR) is 81.6 cm³/mol. The molecule has 3 rings (SSSR count). The Morgan fingerprint density at radius 1 is 1.24 bits per heavy atom. The summed E-state index contributed by atoms with van der Waals surface area (Å²) in [6.45, 7) is 7.68. The molecule has 2 N–H and O–H groups in total. The van der Waals surface area contributed by atoms with Crippen molar-refractivity contribution in [3.05, 3.63) is 30.2 Å². The maximum Gasteiger partial charge on any atom is 0.231 e. The summed E-state index contributed by atoms with van der Waals surface area (Å²) in [6.07, 6.45) is 2.74. The minimum Gasteiger partial charge on any atom is -0.454 e. The summed E-state index contributed by atoms with van der Waals surface area (Å²) in [4.78, 5) is 7.80. The zero-order chi connectivity index (χ0) is 14.9. The van der Waals surface area contributed by atoms with Gasteiger partial charge in [-0.1, -0.05) is 0 Å². The molecule has 0 amide bonds. The first-order chi connectivity index (χ1) is 10.0. The lowest BCUT2D eigenvalue weighted by atomic mass is 10.1. The Morgan fingerprint density at radius 3 is 2.86 bits per heavy atom. The molecule has 0 unspecified atom stereocenters. The topological polar surface area (TPSA) is 59.2 Å². The molecule has 1 aromatic heterocycles. The monoisotopic (exact) mass is 287 g/mol. The van der Waals surface area contributed by atoms with Crippen LogP contribution in [0, 0.1) is 0 Å². The molecular weight excluding hydrogens is 266 g/mol. The second-order valence-electron chi connectivity index (χ2n) is 6.24. The van der Waals surface area contributed by atoms with E-state index < -0.39 is 0 Å². The van der Waals surface area contributed by atoms with E-state index in [4.69, 9.17) is 9.47 Å². The van der Waals surface area contributed by atoms with Gasteiger partial charge in [0, 0.05) is 24.1 Å². The molecule has 0 aliphatic carbocycles. The molecule has 1 aliphatic rings. The summed E-state index contributed by atoms with van der Waals surface area (Å²) in [5.41, 5.74) is 2.19. The molecule has 5 nitrogen and oxygen atoms in total. The van der Waals surface area contributed by atoms with Crippen molar-refractivity contribution in [3.63, 3.8) is 0 Å². The highest BCUT2D eigenvalue weighted by Crippen LogP contribution is 2.35. The van der Waals surface area contributed by atoms with Crippen LogP contribution in [-0.4, -0.2) is 28.8 Å². The van der Waals surface area contributed by atoms with E-state index in [0.717, 1.165) is 41.5 Å². The van der Waals surface area contributed by atoms with Gasteiger partial charge in [0.25, 0.3) is 0 Å². The van der Waals surface area contributed by atoms with Crippen LogP contribution in [-0.2, 0) is 6.42 Å². The molecule has 112 valence electrons. The number of rotatable bonds is 4. The van der Waals surface area contributed by atoms with Crippen LogP contribution < -0.4 is 14.8 Å². The van der Waals surface area contributed by atoms with Gasteiger partial charge >= 0.3 is 0 Å². The SMILES string of the molecule is CC(C)(C)NCCc1ncc(-c2ccc3c(c2)OCO3)[nH]1. The lowest BCUT2D eigenvalue weighted by Gasteiger charge is -2.19. The summed E-state index contributed by atoms with van der Waals surface area (Å²) >= 11 is 0. The van der Waals surface area contributed by atoms with Crippen molar-refractivity contribution in [2.75, 3.05) is 13.3 Å². The predicted octanol–water partition coefficient (Wildman–Crippen LogP) is 2.74. The Kier molecular flexibility index (Phi) is 3.59. The maximum atomic E-state index is 5.40. The van der Waals surface area contributed by atoms with Crippen molar-refractivity contribution in [3.8, 4) is 22.8 Å². The second-order valence-corrected chi connectivity index (χ2v) is 6.24. The van der Waals surface area contributed by atoms with Crippen molar-refractivity contribution in [1.82, 2.24) is 15.3 Å². The fourth-order valence-corrected chi connectivity index (χ4v) is 2.26. The average molecular weight is 287 g/mol. The van der Waals surface area contributed by atoms with E-state index in [1.807, 2.05) is 24.4 Å². The van der Waals surface area contributed by atoms with E-state index >= 15 is 0 Å². The van der Waals surface area contributed by atoms with Crippen LogP contribution >= 0.6 is 0 Å². The summed E-state index contributed by atoms with van der Waals surface area (Å²) in [6, 6.07) is 5.92. The molecule has 0 fully saturated rings. The maximum absolute atomic E-state index is 5.40. The van der Waals surface area contributed by atoms with Crippen LogP contribution in [0.25, 0.3) is 11.3 Å². The molecular formula is C16H21N3O2. The van der Waals surface area contributed by atoms with Crippen LogP contribution in [0.15, 0.2) is 24.4 Å². The number of aromatic amines is 1. The third-order valence-corrected chi connectivity index (χ3v) is 3.33. The summed E-state index contributed by atoms with van der Waals surface area (Å²) in [7, 11) is 0. The zero-order valence-electron chi connectivity index (χ0n) is 12.7. The van der Waals surface area contributed by atoms with Gasteiger partial charge in [-0.05, 0) is 39.0 Å². The molecule has 1 aliphatic heterocycles. The highest BCUT2D eigenvalue weighted by atomic mass is 16.7. The number of aromatic nitrogens is 2. The molecule has 5 heteroatoms. The van der Waals surface area contributed by atoms with Gasteiger partial charge in [-0.2, -0.15) is 0 Å². The largest absolute Gasteiger partial charge is 0.454 e. The van der Waals surface area contributed by atoms with Crippen LogP contribution in [0.1, 0.15) is 26.6 Å². The summed E-state index contributed by atoms with van der Waals surface area (Å²) < 4.78 is 10.7. The number of H-pyrrole nitrogens is 1. The summed E-state index contributed by atoms with van der Waals surface area (Å²) in [5.74, 6) is 2.57. The number of nitrogens with zero attached hydrogens (tertiary/aromatic N) is 1. The van der Waals surface area contributed by atoms with Gasteiger partial charge in [0.1, 0.15) is 5.82 Å². The van der Waals surface area contributed by atoms with Crippen LogP contribution in [0.4, 0.5) is 0 Å². The Morgan fingerprint density at radius 2 is 2.05 bits per heavy atom. The molecule has 0 radical (unpaired) electrons. The Balaban J connectivity index is 1.67. The third kappa shape index (κ3) is 3.36. The third-order valence-electron chi connectivity index (χ3n) is 3.33. The molecule has 2 aromatic rings. The highest BCUT2D eigenvalue weighted by molar-refractivity contribution is 5.64. The number of hydrogen-bond donors (Lipinski definition) is 2. The van der Waals surface area contributed by atoms with Gasteiger partial charge in [-0.25, -0.2) is 4.98 Å². The van der Waals surface area contributed by atoms with Crippen molar-refractivity contribution < 1.29 is 9.47 Å². The second kappa shape index (κ2) is 5.41. The molecule has 0 bridgehead atoms. The Bertz CT molecular complexity index is 629. The van der Waals surface area contributed by atoms with E-state index in [1.165, 1.54) is 0 Å². The highest BCUT2D eigenvalue weighted by Gasteiger charge is 2.15. The minimum absolute atomic E-state index is 0.132. The van der Waals surface area contributed by atoms with E-state index in [-0.39, 0.29) is 5.54 Å². The molecule has 0 atom stereocenters.